The molecule has 1 amide bonds. The second-order valence-corrected chi connectivity index (χ2v) is 8.80. The number of phenolic OH excluding ortho intramolecular Hbond substituents is 1. The van der Waals surface area contributed by atoms with Gasteiger partial charge in [-0.2, -0.15) is 0 Å². The molecule has 0 aliphatic heterocycles. The Balaban J connectivity index is 1.76. The van der Waals surface area contributed by atoms with E-state index >= 15 is 0 Å². The molecule has 0 radical (unpaired) electrons. The number of anilines is 1. The van der Waals surface area contributed by atoms with E-state index in [1.807, 2.05) is 0 Å². The van der Waals surface area contributed by atoms with Crippen molar-refractivity contribution in [3.8, 4) is 5.75 Å². The number of aromatic hydroxyl groups is 1. The Kier molecular flexibility index (Phi) is 4.86. The standard InChI is InChI=1S/C16H18N2O4S2/c19-13-9-5-4-8-12(13)15(20)18-16-17-14(10-23-16)24(21,22)11-6-2-1-3-7-11/h4-5,8-11,19H,1-3,6-7H2,(H,17,18,20). The summed E-state index contributed by atoms with van der Waals surface area (Å²) < 4.78 is 25.2. The van der Waals surface area contributed by atoms with Gasteiger partial charge in [-0.05, 0) is 25.0 Å². The molecule has 0 spiro atoms. The number of nitrogens with one attached hydrogen (secondary N) is 1. The predicted octanol–water partition coefficient (Wildman–Crippen LogP) is 3.21. The number of para-hydroxylation sites is 1. The summed E-state index contributed by atoms with van der Waals surface area (Å²) in [5, 5.41) is 13.5. The van der Waals surface area contributed by atoms with E-state index in [1.54, 1.807) is 12.1 Å². The third kappa shape index (κ3) is 3.44. The zero-order chi connectivity index (χ0) is 17.2. The quantitative estimate of drug-likeness (QED) is 0.866. The Morgan fingerprint density at radius 3 is 2.62 bits per heavy atom. The largest absolute Gasteiger partial charge is 0.507 e. The van der Waals surface area contributed by atoms with Crippen molar-refractivity contribution in [2.24, 2.45) is 0 Å². The zero-order valence-corrected chi connectivity index (χ0v) is 14.6. The number of hydrogen-bond donors (Lipinski definition) is 2. The van der Waals surface area contributed by atoms with Gasteiger partial charge in [0.2, 0.25) is 0 Å². The van der Waals surface area contributed by atoms with Crippen LogP contribution >= 0.6 is 11.3 Å². The number of carbonyl (C=O) groups excluding carboxylic acids is 1. The number of rotatable bonds is 4. The van der Waals surface area contributed by atoms with Gasteiger partial charge in [0.05, 0.1) is 10.8 Å². The summed E-state index contributed by atoms with van der Waals surface area (Å²) in [4.78, 5) is 16.2. The van der Waals surface area contributed by atoms with Gasteiger partial charge in [0.25, 0.3) is 5.91 Å². The van der Waals surface area contributed by atoms with E-state index in [0.717, 1.165) is 30.6 Å². The van der Waals surface area contributed by atoms with Gasteiger partial charge in [0, 0.05) is 5.38 Å². The molecule has 0 bridgehead atoms. The molecule has 8 heteroatoms. The smallest absolute Gasteiger partial charge is 0.261 e. The first-order valence-corrected chi connectivity index (χ1v) is 10.2. The molecule has 0 unspecified atom stereocenters. The predicted molar refractivity (Wildman–Crippen MR) is 92.2 cm³/mol. The monoisotopic (exact) mass is 366 g/mol. The van der Waals surface area contributed by atoms with Gasteiger partial charge in [0.15, 0.2) is 20.0 Å². The molecule has 1 aromatic heterocycles. The molecular weight excluding hydrogens is 348 g/mol. The van der Waals surface area contributed by atoms with Crippen LogP contribution in [0.2, 0.25) is 0 Å². The van der Waals surface area contributed by atoms with Crippen LogP contribution in [0.1, 0.15) is 42.5 Å². The van der Waals surface area contributed by atoms with Gasteiger partial charge in [-0.3, -0.25) is 10.1 Å². The van der Waals surface area contributed by atoms with Crippen LogP contribution in [0.5, 0.6) is 5.75 Å². The van der Waals surface area contributed by atoms with Crippen molar-refractivity contribution in [3.63, 3.8) is 0 Å². The second-order valence-electron chi connectivity index (χ2n) is 5.77. The van der Waals surface area contributed by atoms with Gasteiger partial charge in [-0.25, -0.2) is 13.4 Å². The van der Waals surface area contributed by atoms with Crippen molar-refractivity contribution in [3.05, 3.63) is 35.2 Å². The number of benzene rings is 1. The third-order valence-corrected chi connectivity index (χ3v) is 7.18. The van der Waals surface area contributed by atoms with E-state index in [9.17, 15) is 18.3 Å². The van der Waals surface area contributed by atoms with Gasteiger partial charge in [-0.15, -0.1) is 11.3 Å². The molecule has 128 valence electrons. The number of carbonyl (C=O) groups is 1. The number of thiazole rings is 1. The first-order chi connectivity index (χ1) is 11.5. The van der Waals surface area contributed by atoms with Crippen molar-refractivity contribution in [2.45, 2.75) is 42.4 Å². The fraction of sp³-hybridized carbons (Fsp3) is 0.375. The summed E-state index contributed by atoms with van der Waals surface area (Å²) in [5.41, 5.74) is 0.115. The lowest BCUT2D eigenvalue weighted by atomic mass is 10.0. The molecule has 24 heavy (non-hydrogen) atoms. The van der Waals surface area contributed by atoms with E-state index in [4.69, 9.17) is 0 Å². The number of phenols is 1. The minimum Gasteiger partial charge on any atom is -0.507 e. The summed E-state index contributed by atoms with van der Waals surface area (Å²) in [7, 11) is -3.45. The average molecular weight is 366 g/mol. The second kappa shape index (κ2) is 6.90. The minimum absolute atomic E-state index is 0.0204. The van der Waals surface area contributed by atoms with Crippen molar-refractivity contribution in [1.82, 2.24) is 4.98 Å². The Hall–Kier alpha value is -1.93. The van der Waals surface area contributed by atoms with E-state index < -0.39 is 15.7 Å². The molecule has 0 atom stereocenters. The van der Waals surface area contributed by atoms with Gasteiger partial charge in [0.1, 0.15) is 5.75 Å². The highest BCUT2D eigenvalue weighted by Gasteiger charge is 2.31. The van der Waals surface area contributed by atoms with Gasteiger partial charge < -0.3 is 5.11 Å². The fourth-order valence-electron chi connectivity index (χ4n) is 2.82. The van der Waals surface area contributed by atoms with Crippen LogP contribution in [0.25, 0.3) is 0 Å². The highest BCUT2D eigenvalue weighted by molar-refractivity contribution is 7.92. The first kappa shape index (κ1) is 16.9. The molecule has 2 N–H and O–H groups in total. The zero-order valence-electron chi connectivity index (χ0n) is 12.9. The van der Waals surface area contributed by atoms with Crippen LogP contribution in [-0.4, -0.2) is 29.7 Å². The third-order valence-electron chi connectivity index (χ3n) is 4.13. The maximum absolute atomic E-state index is 12.6. The lowest BCUT2D eigenvalue weighted by Crippen LogP contribution is -2.24. The number of amides is 1. The normalized spacial score (nSPS) is 16.0. The molecule has 3 rings (SSSR count). The molecule has 0 saturated heterocycles. The Morgan fingerprint density at radius 2 is 1.92 bits per heavy atom. The van der Waals surface area contributed by atoms with Crippen molar-refractivity contribution >= 4 is 32.2 Å². The SMILES string of the molecule is O=C(Nc1nc(S(=O)(=O)C2CCCCC2)cs1)c1ccccc1O. The summed E-state index contributed by atoms with van der Waals surface area (Å²) >= 11 is 1.07. The van der Waals surface area contributed by atoms with Crippen molar-refractivity contribution in [1.29, 1.82) is 0 Å². The van der Waals surface area contributed by atoms with E-state index in [2.05, 4.69) is 10.3 Å². The molecule has 1 aliphatic carbocycles. The lowest BCUT2D eigenvalue weighted by molar-refractivity contribution is 0.102. The van der Waals surface area contributed by atoms with Crippen LogP contribution in [0, 0.1) is 0 Å². The number of nitrogens with zero attached hydrogens (tertiary/aromatic N) is 1. The first-order valence-electron chi connectivity index (χ1n) is 7.77. The molecule has 2 aromatic rings. The molecule has 1 saturated carbocycles. The molecule has 1 heterocycles. The average Bonchev–Trinajstić information content (AvgIpc) is 3.05. The maximum Gasteiger partial charge on any atom is 0.261 e. The molecule has 1 aromatic carbocycles. The maximum atomic E-state index is 12.6. The summed E-state index contributed by atoms with van der Waals surface area (Å²) in [6, 6.07) is 6.15. The van der Waals surface area contributed by atoms with E-state index in [0.29, 0.717) is 12.8 Å². The van der Waals surface area contributed by atoms with Crippen LogP contribution in [0.4, 0.5) is 5.13 Å². The van der Waals surface area contributed by atoms with Crippen molar-refractivity contribution < 1.29 is 18.3 Å². The molecular formula is C16H18N2O4S2. The van der Waals surface area contributed by atoms with Crippen LogP contribution < -0.4 is 5.32 Å². The Labute approximate surface area is 144 Å². The van der Waals surface area contributed by atoms with Crippen LogP contribution in [0.15, 0.2) is 34.7 Å². The van der Waals surface area contributed by atoms with Gasteiger partial charge >= 0.3 is 0 Å². The summed E-state index contributed by atoms with van der Waals surface area (Å²) in [6.45, 7) is 0. The summed E-state index contributed by atoms with van der Waals surface area (Å²) in [5.74, 6) is -0.661. The highest BCUT2D eigenvalue weighted by atomic mass is 32.2. The lowest BCUT2D eigenvalue weighted by Gasteiger charge is -2.20. The van der Waals surface area contributed by atoms with Crippen LogP contribution in [-0.2, 0) is 9.84 Å². The number of aromatic nitrogens is 1. The summed E-state index contributed by atoms with van der Waals surface area (Å²) in [6.07, 6.45) is 4.25. The number of sulfone groups is 1. The Bertz CT molecular complexity index is 839. The van der Waals surface area contributed by atoms with E-state index in [1.165, 1.54) is 17.5 Å². The highest BCUT2D eigenvalue weighted by Crippen LogP contribution is 2.30. The van der Waals surface area contributed by atoms with Crippen molar-refractivity contribution in [2.75, 3.05) is 5.32 Å². The van der Waals surface area contributed by atoms with Gasteiger partial charge in [-0.1, -0.05) is 31.4 Å². The molecule has 1 fully saturated rings. The number of hydrogen-bond acceptors (Lipinski definition) is 6. The van der Waals surface area contributed by atoms with Crippen LogP contribution in [0.3, 0.4) is 0 Å². The minimum atomic E-state index is -3.45. The fourth-order valence-corrected chi connectivity index (χ4v) is 5.64. The van der Waals surface area contributed by atoms with E-state index in [-0.39, 0.29) is 26.7 Å². The molecule has 6 nitrogen and oxygen atoms in total. The Morgan fingerprint density at radius 1 is 1.21 bits per heavy atom. The topological polar surface area (TPSA) is 96.4 Å². The molecule has 1 aliphatic rings.